The van der Waals surface area contributed by atoms with Crippen molar-refractivity contribution in [1.82, 2.24) is 25.2 Å². The summed E-state index contributed by atoms with van der Waals surface area (Å²) in [5.74, 6) is 1.18. The third-order valence-electron chi connectivity index (χ3n) is 5.06. The topological polar surface area (TPSA) is 73.1 Å². The van der Waals surface area contributed by atoms with Crippen molar-refractivity contribution in [3.05, 3.63) is 75.7 Å². The van der Waals surface area contributed by atoms with Gasteiger partial charge in [0.05, 0.1) is 19.3 Å². The number of aryl methyl sites for hydroxylation is 1. The molecule has 8 heteroatoms. The Morgan fingerprint density at radius 2 is 1.96 bits per heavy atom. The van der Waals surface area contributed by atoms with Crippen LogP contribution in [0.15, 0.2) is 47.3 Å². The zero-order valence-corrected chi connectivity index (χ0v) is 15.8. The summed E-state index contributed by atoms with van der Waals surface area (Å²) in [4.78, 5) is 12.9. The third kappa shape index (κ3) is 3.32. The van der Waals surface area contributed by atoms with E-state index in [0.29, 0.717) is 28.7 Å². The monoisotopic (exact) mass is 383 g/mol. The van der Waals surface area contributed by atoms with E-state index in [0.717, 1.165) is 18.7 Å². The van der Waals surface area contributed by atoms with Crippen LogP contribution < -0.4 is 21.3 Å². The van der Waals surface area contributed by atoms with Gasteiger partial charge in [-0.2, -0.15) is 9.78 Å². The molecule has 28 heavy (non-hydrogen) atoms. The first-order valence-corrected chi connectivity index (χ1v) is 9.12. The van der Waals surface area contributed by atoms with Gasteiger partial charge in [-0.15, -0.1) is 0 Å². The molecule has 1 aliphatic heterocycles. The fourth-order valence-electron chi connectivity index (χ4n) is 3.49. The van der Waals surface area contributed by atoms with Crippen LogP contribution in [0.2, 0.25) is 0 Å². The first kappa shape index (κ1) is 18.4. The Bertz CT molecular complexity index is 1050. The van der Waals surface area contributed by atoms with E-state index < -0.39 is 0 Å². The Morgan fingerprint density at radius 1 is 1.21 bits per heavy atom. The predicted octanol–water partition coefficient (Wildman–Crippen LogP) is 1.73. The Morgan fingerprint density at radius 3 is 2.68 bits per heavy atom. The second-order valence-corrected chi connectivity index (χ2v) is 6.80. The maximum Gasteiger partial charge on any atom is 0.351 e. The molecule has 2 aromatic carbocycles. The molecule has 0 amide bonds. The van der Waals surface area contributed by atoms with Crippen LogP contribution in [0.1, 0.15) is 22.9 Å². The van der Waals surface area contributed by atoms with Gasteiger partial charge in [-0.05, 0) is 24.6 Å². The average Bonchev–Trinajstić information content (AvgIpc) is 3.33. The lowest BCUT2D eigenvalue weighted by Crippen LogP contribution is -2.25. The van der Waals surface area contributed by atoms with Crippen molar-refractivity contribution in [3.63, 3.8) is 0 Å². The van der Waals surface area contributed by atoms with Crippen LogP contribution >= 0.6 is 0 Å². The highest BCUT2D eigenvalue weighted by atomic mass is 19.1. The number of hydrogen-bond acceptors (Lipinski definition) is 5. The molecule has 0 bridgehead atoms. The molecular formula is C20H22FN5O2. The highest BCUT2D eigenvalue weighted by molar-refractivity contribution is 5.46. The SMILES string of the molecule is COc1cc(-n2nc(C)n(Cc3ccccc3F)c2=O)ccc1C1CNNC1. The lowest BCUT2D eigenvalue weighted by Gasteiger charge is -2.14. The van der Waals surface area contributed by atoms with Gasteiger partial charge in [0.25, 0.3) is 0 Å². The minimum Gasteiger partial charge on any atom is -0.496 e. The molecule has 0 aliphatic carbocycles. The lowest BCUT2D eigenvalue weighted by atomic mass is 9.99. The molecule has 0 radical (unpaired) electrons. The molecule has 0 unspecified atom stereocenters. The van der Waals surface area contributed by atoms with E-state index in [1.807, 2.05) is 18.2 Å². The molecule has 0 spiro atoms. The van der Waals surface area contributed by atoms with E-state index in [2.05, 4.69) is 16.0 Å². The lowest BCUT2D eigenvalue weighted by molar-refractivity contribution is 0.406. The van der Waals surface area contributed by atoms with Gasteiger partial charge in [0, 0.05) is 30.6 Å². The molecule has 0 atom stereocenters. The van der Waals surface area contributed by atoms with Crippen molar-refractivity contribution >= 4 is 0 Å². The molecule has 1 aromatic heterocycles. The second kappa shape index (κ2) is 7.57. The third-order valence-corrected chi connectivity index (χ3v) is 5.06. The number of nitrogens with zero attached hydrogens (tertiary/aromatic N) is 3. The number of aromatic nitrogens is 3. The van der Waals surface area contributed by atoms with Crippen LogP contribution in [0.3, 0.4) is 0 Å². The summed E-state index contributed by atoms with van der Waals surface area (Å²) in [5, 5.41) is 4.37. The number of ether oxygens (including phenoxy) is 1. The fourth-order valence-corrected chi connectivity index (χ4v) is 3.49. The molecular weight excluding hydrogens is 361 g/mol. The first-order valence-electron chi connectivity index (χ1n) is 9.12. The van der Waals surface area contributed by atoms with E-state index >= 15 is 0 Å². The average molecular weight is 383 g/mol. The summed E-state index contributed by atoms with van der Waals surface area (Å²) >= 11 is 0. The summed E-state index contributed by atoms with van der Waals surface area (Å²) in [6.07, 6.45) is 0. The number of halogens is 1. The van der Waals surface area contributed by atoms with Gasteiger partial charge in [-0.1, -0.05) is 24.3 Å². The van der Waals surface area contributed by atoms with Crippen LogP contribution in [0.4, 0.5) is 4.39 Å². The second-order valence-electron chi connectivity index (χ2n) is 6.80. The number of rotatable bonds is 5. The van der Waals surface area contributed by atoms with Gasteiger partial charge >= 0.3 is 5.69 Å². The van der Waals surface area contributed by atoms with E-state index in [9.17, 15) is 9.18 Å². The largest absolute Gasteiger partial charge is 0.496 e. The zero-order chi connectivity index (χ0) is 19.7. The van der Waals surface area contributed by atoms with Gasteiger partial charge in [-0.3, -0.25) is 15.4 Å². The Labute approximate surface area is 161 Å². The maximum absolute atomic E-state index is 14.0. The highest BCUT2D eigenvalue weighted by Gasteiger charge is 2.21. The molecule has 2 N–H and O–H groups in total. The molecule has 7 nitrogen and oxygen atoms in total. The van der Waals surface area contributed by atoms with Crippen LogP contribution in [-0.4, -0.2) is 34.5 Å². The van der Waals surface area contributed by atoms with Crippen molar-refractivity contribution in [2.24, 2.45) is 0 Å². The summed E-state index contributed by atoms with van der Waals surface area (Å²) in [6, 6.07) is 12.1. The predicted molar refractivity (Wildman–Crippen MR) is 103 cm³/mol. The van der Waals surface area contributed by atoms with Crippen molar-refractivity contribution < 1.29 is 9.13 Å². The van der Waals surface area contributed by atoms with Crippen LogP contribution in [0.5, 0.6) is 5.75 Å². The van der Waals surface area contributed by atoms with Gasteiger partial charge in [0.15, 0.2) is 0 Å². The summed E-state index contributed by atoms with van der Waals surface area (Å²) in [6.45, 7) is 3.49. The van der Waals surface area contributed by atoms with Gasteiger partial charge in [0.1, 0.15) is 17.4 Å². The molecule has 146 valence electrons. The molecule has 3 aromatic rings. The van der Waals surface area contributed by atoms with Crippen molar-refractivity contribution in [2.75, 3.05) is 20.2 Å². The summed E-state index contributed by atoms with van der Waals surface area (Å²) in [7, 11) is 1.61. The molecule has 1 fully saturated rings. The smallest absolute Gasteiger partial charge is 0.351 e. The quantitative estimate of drug-likeness (QED) is 0.702. The number of hydrazine groups is 1. The van der Waals surface area contributed by atoms with Crippen LogP contribution in [-0.2, 0) is 6.54 Å². The van der Waals surface area contributed by atoms with E-state index in [-0.39, 0.29) is 18.1 Å². The van der Waals surface area contributed by atoms with Crippen LogP contribution in [0.25, 0.3) is 5.69 Å². The maximum atomic E-state index is 14.0. The fraction of sp³-hybridized carbons (Fsp3) is 0.300. The minimum atomic E-state index is -0.341. The normalized spacial score (nSPS) is 14.5. The molecule has 1 aliphatic rings. The Balaban J connectivity index is 1.70. The number of methoxy groups -OCH3 is 1. The number of benzene rings is 2. The minimum absolute atomic E-state index is 0.131. The summed E-state index contributed by atoms with van der Waals surface area (Å²) in [5.41, 5.74) is 8.02. The van der Waals surface area contributed by atoms with E-state index in [1.54, 1.807) is 32.2 Å². The molecule has 0 saturated carbocycles. The van der Waals surface area contributed by atoms with E-state index in [4.69, 9.17) is 4.74 Å². The Hall–Kier alpha value is -2.97. The van der Waals surface area contributed by atoms with Crippen molar-refractivity contribution in [2.45, 2.75) is 19.4 Å². The highest BCUT2D eigenvalue weighted by Crippen LogP contribution is 2.29. The van der Waals surface area contributed by atoms with Crippen LogP contribution in [0, 0.1) is 12.7 Å². The standard InChI is InChI=1S/C20H22FN5O2/c1-13-24-26(20(27)25(13)12-14-5-3-4-6-18(14)21)16-7-8-17(19(9-16)28-2)15-10-22-23-11-15/h3-9,15,22-23H,10-12H2,1-2H3. The molecule has 1 saturated heterocycles. The Kier molecular flexibility index (Phi) is 4.97. The van der Waals surface area contributed by atoms with Crippen molar-refractivity contribution in [1.29, 1.82) is 0 Å². The number of hydrogen-bond donors (Lipinski definition) is 2. The van der Waals surface area contributed by atoms with Crippen molar-refractivity contribution in [3.8, 4) is 11.4 Å². The molecule has 2 heterocycles. The van der Waals surface area contributed by atoms with Gasteiger partial charge < -0.3 is 4.74 Å². The summed E-state index contributed by atoms with van der Waals surface area (Å²) < 4.78 is 22.3. The van der Waals surface area contributed by atoms with Gasteiger partial charge in [-0.25, -0.2) is 9.18 Å². The van der Waals surface area contributed by atoms with Gasteiger partial charge in [0.2, 0.25) is 0 Å². The molecule has 4 rings (SSSR count). The zero-order valence-electron chi connectivity index (χ0n) is 15.8. The van der Waals surface area contributed by atoms with E-state index in [1.165, 1.54) is 15.3 Å². The first-order chi connectivity index (χ1) is 13.6. The number of nitrogens with one attached hydrogen (secondary N) is 2.